The summed E-state index contributed by atoms with van der Waals surface area (Å²) in [7, 11) is 0. The highest BCUT2D eigenvalue weighted by molar-refractivity contribution is 5.36. The van der Waals surface area contributed by atoms with E-state index < -0.39 is 0 Å². The van der Waals surface area contributed by atoms with E-state index in [0.29, 0.717) is 18.6 Å². The third-order valence-electron chi connectivity index (χ3n) is 3.20. The molecular weight excluding hydrogens is 256 g/mol. The van der Waals surface area contributed by atoms with Gasteiger partial charge in [-0.15, -0.1) is 0 Å². The molecule has 1 aromatic heterocycles. The van der Waals surface area contributed by atoms with Crippen LogP contribution in [0.1, 0.15) is 26.2 Å². The van der Waals surface area contributed by atoms with Crippen LogP contribution < -0.4 is 15.4 Å². The van der Waals surface area contributed by atoms with E-state index in [4.69, 9.17) is 9.47 Å². The van der Waals surface area contributed by atoms with Crippen LogP contribution in [-0.2, 0) is 4.74 Å². The minimum absolute atomic E-state index is 0.430. The fraction of sp³-hybridized carbons (Fsp3) is 0.714. The van der Waals surface area contributed by atoms with E-state index in [1.807, 2.05) is 13.0 Å². The van der Waals surface area contributed by atoms with E-state index in [-0.39, 0.29) is 0 Å². The van der Waals surface area contributed by atoms with Crippen LogP contribution in [0.4, 0.5) is 5.82 Å². The summed E-state index contributed by atoms with van der Waals surface area (Å²) >= 11 is 0. The first-order chi connectivity index (χ1) is 9.88. The van der Waals surface area contributed by atoms with Gasteiger partial charge in [0.2, 0.25) is 5.88 Å². The number of hydrogen-bond donors (Lipinski definition) is 2. The van der Waals surface area contributed by atoms with Crippen molar-refractivity contribution in [2.75, 3.05) is 38.2 Å². The molecular formula is C14H24N4O2. The van der Waals surface area contributed by atoms with Crippen LogP contribution in [0.25, 0.3) is 0 Å². The zero-order valence-corrected chi connectivity index (χ0v) is 12.1. The fourth-order valence-electron chi connectivity index (χ4n) is 2.16. The molecule has 0 unspecified atom stereocenters. The minimum atomic E-state index is 0.430. The molecule has 0 aliphatic carbocycles. The molecule has 112 valence electrons. The van der Waals surface area contributed by atoms with Crippen molar-refractivity contribution in [2.24, 2.45) is 0 Å². The number of anilines is 1. The van der Waals surface area contributed by atoms with Gasteiger partial charge in [0.25, 0.3) is 0 Å². The smallest absolute Gasteiger partial charge is 0.218 e. The van der Waals surface area contributed by atoms with Crippen molar-refractivity contribution >= 4 is 5.82 Å². The van der Waals surface area contributed by atoms with Crippen molar-refractivity contribution < 1.29 is 9.47 Å². The molecule has 1 aromatic rings. The van der Waals surface area contributed by atoms with Crippen molar-refractivity contribution in [3.8, 4) is 5.88 Å². The quantitative estimate of drug-likeness (QED) is 0.702. The number of piperidine rings is 1. The molecule has 6 nitrogen and oxygen atoms in total. The molecule has 2 N–H and O–H groups in total. The lowest BCUT2D eigenvalue weighted by atomic mass is 10.1. The highest BCUT2D eigenvalue weighted by Crippen LogP contribution is 2.11. The molecule has 1 aliphatic rings. The second-order valence-electron chi connectivity index (χ2n) is 4.77. The molecule has 6 heteroatoms. The van der Waals surface area contributed by atoms with Crippen LogP contribution >= 0.6 is 0 Å². The maximum Gasteiger partial charge on any atom is 0.218 e. The average molecular weight is 280 g/mol. The lowest BCUT2D eigenvalue weighted by Crippen LogP contribution is -2.32. The van der Waals surface area contributed by atoms with Crippen LogP contribution in [0.15, 0.2) is 12.4 Å². The second-order valence-corrected chi connectivity index (χ2v) is 4.77. The highest BCUT2D eigenvalue weighted by atomic mass is 16.5. The molecule has 0 saturated carbocycles. The lowest BCUT2D eigenvalue weighted by molar-refractivity contribution is 0.0329. The normalized spacial score (nSPS) is 16.1. The molecule has 2 heterocycles. The van der Waals surface area contributed by atoms with Gasteiger partial charge in [-0.05, 0) is 39.3 Å². The van der Waals surface area contributed by atoms with Gasteiger partial charge in [-0.25, -0.2) is 9.97 Å². The van der Waals surface area contributed by atoms with Gasteiger partial charge in [-0.2, -0.15) is 0 Å². The van der Waals surface area contributed by atoms with E-state index in [0.717, 1.165) is 51.3 Å². The molecule has 0 bridgehead atoms. The number of rotatable bonds is 8. The van der Waals surface area contributed by atoms with E-state index in [1.54, 1.807) is 0 Å². The summed E-state index contributed by atoms with van der Waals surface area (Å²) < 4.78 is 11.2. The van der Waals surface area contributed by atoms with Crippen molar-refractivity contribution in [1.82, 2.24) is 15.3 Å². The molecule has 1 fully saturated rings. The fourth-order valence-corrected chi connectivity index (χ4v) is 2.16. The number of nitrogens with zero attached hydrogens (tertiary/aromatic N) is 2. The molecule has 0 amide bonds. The Bertz CT molecular complexity index is 383. The molecule has 0 radical (unpaired) electrons. The standard InChI is InChI=1S/C14H24N4O2/c1-2-19-14-10-13(17-11-18-14)16-6-3-9-20-12-4-7-15-8-5-12/h10-12,15H,2-9H2,1H3,(H,16,17,18). The van der Waals surface area contributed by atoms with Crippen molar-refractivity contribution in [3.63, 3.8) is 0 Å². The Morgan fingerprint density at radius 1 is 1.35 bits per heavy atom. The van der Waals surface area contributed by atoms with Gasteiger partial charge in [-0.1, -0.05) is 0 Å². The molecule has 0 aromatic carbocycles. The first-order valence-electron chi connectivity index (χ1n) is 7.39. The molecule has 0 atom stereocenters. The van der Waals surface area contributed by atoms with E-state index in [1.165, 1.54) is 6.33 Å². The third-order valence-corrected chi connectivity index (χ3v) is 3.20. The zero-order chi connectivity index (χ0) is 14.0. The Morgan fingerprint density at radius 2 is 2.20 bits per heavy atom. The summed E-state index contributed by atoms with van der Waals surface area (Å²) in [4.78, 5) is 8.19. The second kappa shape index (κ2) is 8.71. The van der Waals surface area contributed by atoms with Gasteiger partial charge < -0.3 is 20.1 Å². The van der Waals surface area contributed by atoms with Gasteiger partial charge in [-0.3, -0.25) is 0 Å². The van der Waals surface area contributed by atoms with E-state index in [2.05, 4.69) is 20.6 Å². The monoisotopic (exact) mass is 280 g/mol. The summed E-state index contributed by atoms with van der Waals surface area (Å²) in [6, 6.07) is 1.82. The highest BCUT2D eigenvalue weighted by Gasteiger charge is 2.12. The Balaban J connectivity index is 1.59. The largest absolute Gasteiger partial charge is 0.478 e. The Hall–Kier alpha value is -1.40. The summed E-state index contributed by atoms with van der Waals surface area (Å²) in [6.45, 7) is 6.33. The first-order valence-corrected chi connectivity index (χ1v) is 7.39. The van der Waals surface area contributed by atoms with Crippen LogP contribution in [0.5, 0.6) is 5.88 Å². The van der Waals surface area contributed by atoms with Gasteiger partial charge >= 0.3 is 0 Å². The minimum Gasteiger partial charge on any atom is -0.478 e. The summed E-state index contributed by atoms with van der Waals surface area (Å²) in [6.07, 6.45) is 5.16. The van der Waals surface area contributed by atoms with Crippen LogP contribution in [0, 0.1) is 0 Å². The molecule has 1 saturated heterocycles. The van der Waals surface area contributed by atoms with Crippen molar-refractivity contribution in [2.45, 2.75) is 32.3 Å². The Kier molecular flexibility index (Phi) is 6.53. The molecule has 2 rings (SSSR count). The predicted molar refractivity (Wildman–Crippen MR) is 78.2 cm³/mol. The summed E-state index contributed by atoms with van der Waals surface area (Å²) in [5, 5.41) is 6.59. The molecule has 20 heavy (non-hydrogen) atoms. The number of aromatic nitrogens is 2. The van der Waals surface area contributed by atoms with Gasteiger partial charge in [0.1, 0.15) is 12.1 Å². The van der Waals surface area contributed by atoms with E-state index >= 15 is 0 Å². The summed E-state index contributed by atoms with van der Waals surface area (Å²) in [5.74, 6) is 1.40. The maximum absolute atomic E-state index is 5.85. The lowest BCUT2D eigenvalue weighted by Gasteiger charge is -2.22. The predicted octanol–water partition coefficient (Wildman–Crippen LogP) is 1.45. The molecule has 1 aliphatic heterocycles. The van der Waals surface area contributed by atoms with Crippen LogP contribution in [0.2, 0.25) is 0 Å². The van der Waals surface area contributed by atoms with Crippen LogP contribution in [0.3, 0.4) is 0 Å². The first kappa shape index (κ1) is 15.0. The Morgan fingerprint density at radius 3 is 3.00 bits per heavy atom. The van der Waals surface area contributed by atoms with Gasteiger partial charge in [0.15, 0.2) is 0 Å². The maximum atomic E-state index is 5.85. The number of nitrogens with one attached hydrogen (secondary N) is 2. The third kappa shape index (κ3) is 5.30. The van der Waals surface area contributed by atoms with Crippen molar-refractivity contribution in [3.05, 3.63) is 12.4 Å². The average Bonchev–Trinajstić information content (AvgIpc) is 2.49. The number of hydrogen-bond acceptors (Lipinski definition) is 6. The topological polar surface area (TPSA) is 68.3 Å². The molecule has 0 spiro atoms. The van der Waals surface area contributed by atoms with Crippen LogP contribution in [-0.4, -0.2) is 48.9 Å². The zero-order valence-electron chi connectivity index (χ0n) is 12.1. The SMILES string of the molecule is CCOc1cc(NCCCOC2CCNCC2)ncn1. The number of ether oxygens (including phenoxy) is 2. The van der Waals surface area contributed by atoms with Crippen molar-refractivity contribution in [1.29, 1.82) is 0 Å². The van der Waals surface area contributed by atoms with Gasteiger partial charge in [0, 0.05) is 19.2 Å². The van der Waals surface area contributed by atoms with E-state index in [9.17, 15) is 0 Å². The Labute approximate surface area is 120 Å². The summed E-state index contributed by atoms with van der Waals surface area (Å²) in [5.41, 5.74) is 0. The van der Waals surface area contributed by atoms with Gasteiger partial charge in [0.05, 0.1) is 12.7 Å².